The van der Waals surface area contributed by atoms with Gasteiger partial charge in [-0.1, -0.05) is 12.1 Å². The highest BCUT2D eigenvalue weighted by Crippen LogP contribution is 2.32. The molecular weight excluding hydrogens is 248 g/mol. The van der Waals surface area contributed by atoms with E-state index in [0.717, 1.165) is 13.1 Å². The van der Waals surface area contributed by atoms with Crippen molar-refractivity contribution in [3.8, 4) is 0 Å². The Hall–Kier alpha value is -1.06. The Bertz CT molecular complexity index is 408. The third-order valence-electron chi connectivity index (χ3n) is 4.51. The molecule has 3 rings (SSSR count). The first-order valence-corrected chi connectivity index (χ1v) is 8.05. The third kappa shape index (κ3) is 3.74. The molecular formula is C17H26N2O. The van der Waals surface area contributed by atoms with Crippen molar-refractivity contribution in [2.75, 3.05) is 24.5 Å². The zero-order valence-electron chi connectivity index (χ0n) is 12.2. The standard InChI is InChI=1S/C17H26N2O/c20-17(15-6-7-15)13-18-12-14-4-8-16(9-5-14)19-10-2-1-3-11-19/h4-5,8-9,15,17-18,20H,1-3,6-7,10-13H2. The molecule has 1 atom stereocenters. The normalized spacial score (nSPS) is 20.9. The summed E-state index contributed by atoms with van der Waals surface area (Å²) >= 11 is 0. The molecule has 2 N–H and O–H groups in total. The predicted octanol–water partition coefficient (Wildman–Crippen LogP) is 2.54. The first kappa shape index (κ1) is 13.9. The summed E-state index contributed by atoms with van der Waals surface area (Å²) in [6.07, 6.45) is 6.27. The van der Waals surface area contributed by atoms with E-state index in [1.165, 1.54) is 56.4 Å². The highest BCUT2D eigenvalue weighted by Gasteiger charge is 2.28. The maximum Gasteiger partial charge on any atom is 0.0692 e. The number of rotatable bonds is 6. The van der Waals surface area contributed by atoms with Crippen LogP contribution in [-0.4, -0.2) is 30.8 Å². The molecule has 1 unspecified atom stereocenters. The summed E-state index contributed by atoms with van der Waals surface area (Å²) in [5.41, 5.74) is 2.65. The second-order valence-corrected chi connectivity index (χ2v) is 6.25. The van der Waals surface area contributed by atoms with E-state index in [1.807, 2.05) is 0 Å². The number of benzene rings is 1. The lowest BCUT2D eigenvalue weighted by molar-refractivity contribution is 0.148. The third-order valence-corrected chi connectivity index (χ3v) is 4.51. The monoisotopic (exact) mass is 274 g/mol. The van der Waals surface area contributed by atoms with Gasteiger partial charge in [0.25, 0.3) is 0 Å². The van der Waals surface area contributed by atoms with Crippen LogP contribution in [-0.2, 0) is 6.54 Å². The van der Waals surface area contributed by atoms with Crippen LogP contribution < -0.4 is 10.2 Å². The van der Waals surface area contributed by atoms with E-state index in [0.29, 0.717) is 5.92 Å². The van der Waals surface area contributed by atoms with E-state index >= 15 is 0 Å². The molecule has 1 aromatic rings. The molecule has 3 nitrogen and oxygen atoms in total. The summed E-state index contributed by atoms with van der Waals surface area (Å²) in [6.45, 7) is 3.97. The zero-order chi connectivity index (χ0) is 13.8. The van der Waals surface area contributed by atoms with Crippen LogP contribution in [0.2, 0.25) is 0 Å². The topological polar surface area (TPSA) is 35.5 Å². The number of hydrogen-bond donors (Lipinski definition) is 2. The summed E-state index contributed by atoms with van der Waals surface area (Å²) in [5, 5.41) is 13.2. The number of piperidine rings is 1. The van der Waals surface area contributed by atoms with Crippen molar-refractivity contribution in [1.29, 1.82) is 0 Å². The van der Waals surface area contributed by atoms with Gasteiger partial charge in [-0.05, 0) is 55.7 Å². The van der Waals surface area contributed by atoms with Crippen molar-refractivity contribution >= 4 is 5.69 Å². The van der Waals surface area contributed by atoms with Gasteiger partial charge in [0.05, 0.1) is 6.10 Å². The molecule has 3 heteroatoms. The van der Waals surface area contributed by atoms with E-state index in [9.17, 15) is 5.11 Å². The van der Waals surface area contributed by atoms with Crippen LogP contribution in [0.1, 0.15) is 37.7 Å². The summed E-state index contributed by atoms with van der Waals surface area (Å²) in [5.74, 6) is 0.559. The van der Waals surface area contributed by atoms with Gasteiger partial charge in [-0.15, -0.1) is 0 Å². The minimum atomic E-state index is -0.150. The van der Waals surface area contributed by atoms with E-state index in [4.69, 9.17) is 0 Å². The summed E-state index contributed by atoms with van der Waals surface area (Å²) < 4.78 is 0. The van der Waals surface area contributed by atoms with Crippen LogP contribution in [0.15, 0.2) is 24.3 Å². The minimum absolute atomic E-state index is 0.150. The van der Waals surface area contributed by atoms with Gasteiger partial charge in [0.2, 0.25) is 0 Å². The van der Waals surface area contributed by atoms with Gasteiger partial charge in [0.1, 0.15) is 0 Å². The van der Waals surface area contributed by atoms with Crippen molar-refractivity contribution in [3.05, 3.63) is 29.8 Å². The highest BCUT2D eigenvalue weighted by atomic mass is 16.3. The van der Waals surface area contributed by atoms with E-state index in [-0.39, 0.29) is 6.10 Å². The van der Waals surface area contributed by atoms with Gasteiger partial charge in [0.15, 0.2) is 0 Å². The van der Waals surface area contributed by atoms with Crippen molar-refractivity contribution in [3.63, 3.8) is 0 Å². The Kier molecular flexibility index (Phi) is 4.58. The fraction of sp³-hybridized carbons (Fsp3) is 0.647. The lowest BCUT2D eigenvalue weighted by Crippen LogP contribution is -2.29. The molecule has 1 saturated heterocycles. The SMILES string of the molecule is OC(CNCc1ccc(N2CCCCC2)cc1)C1CC1. The predicted molar refractivity (Wildman–Crippen MR) is 82.9 cm³/mol. The zero-order valence-corrected chi connectivity index (χ0v) is 12.2. The molecule has 0 spiro atoms. The van der Waals surface area contributed by atoms with E-state index in [1.54, 1.807) is 0 Å². The molecule has 20 heavy (non-hydrogen) atoms. The average Bonchev–Trinajstić information content (AvgIpc) is 3.33. The highest BCUT2D eigenvalue weighted by molar-refractivity contribution is 5.47. The van der Waals surface area contributed by atoms with Gasteiger partial charge in [-0.2, -0.15) is 0 Å². The first-order valence-electron chi connectivity index (χ1n) is 8.05. The second-order valence-electron chi connectivity index (χ2n) is 6.25. The number of nitrogens with one attached hydrogen (secondary N) is 1. The van der Waals surface area contributed by atoms with E-state index in [2.05, 4.69) is 34.5 Å². The van der Waals surface area contributed by atoms with Gasteiger partial charge < -0.3 is 15.3 Å². The van der Waals surface area contributed by atoms with Crippen molar-refractivity contribution in [1.82, 2.24) is 5.32 Å². The number of aliphatic hydroxyl groups excluding tert-OH is 1. The first-order chi connectivity index (χ1) is 9.83. The Morgan fingerprint density at radius 1 is 1.10 bits per heavy atom. The average molecular weight is 274 g/mol. The molecule has 110 valence electrons. The second kappa shape index (κ2) is 6.59. The molecule has 1 aromatic carbocycles. The van der Waals surface area contributed by atoms with Crippen molar-refractivity contribution in [2.45, 2.75) is 44.8 Å². The number of nitrogens with zero attached hydrogens (tertiary/aromatic N) is 1. The number of anilines is 1. The molecule has 1 aliphatic carbocycles. The lowest BCUT2D eigenvalue weighted by Gasteiger charge is -2.28. The Labute approximate surface area is 122 Å². The van der Waals surface area contributed by atoms with Crippen LogP contribution in [0, 0.1) is 5.92 Å². The molecule has 0 amide bonds. The molecule has 2 fully saturated rings. The minimum Gasteiger partial charge on any atom is -0.392 e. The Balaban J connectivity index is 1.45. The molecule has 1 heterocycles. The fourth-order valence-corrected chi connectivity index (χ4v) is 2.99. The maximum absolute atomic E-state index is 9.81. The maximum atomic E-state index is 9.81. The molecule has 0 radical (unpaired) electrons. The molecule has 0 bridgehead atoms. The summed E-state index contributed by atoms with van der Waals surface area (Å²) in [7, 11) is 0. The fourth-order valence-electron chi connectivity index (χ4n) is 2.99. The number of hydrogen-bond acceptors (Lipinski definition) is 3. The van der Waals surface area contributed by atoms with Crippen LogP contribution in [0.5, 0.6) is 0 Å². The van der Waals surface area contributed by atoms with Gasteiger partial charge in [0, 0.05) is 31.9 Å². The molecule has 2 aliphatic rings. The smallest absolute Gasteiger partial charge is 0.0692 e. The molecule has 1 saturated carbocycles. The van der Waals surface area contributed by atoms with Crippen LogP contribution in [0.25, 0.3) is 0 Å². The van der Waals surface area contributed by atoms with Crippen LogP contribution in [0.3, 0.4) is 0 Å². The largest absolute Gasteiger partial charge is 0.392 e. The summed E-state index contributed by atoms with van der Waals surface area (Å²) in [6, 6.07) is 8.89. The van der Waals surface area contributed by atoms with Crippen molar-refractivity contribution in [2.24, 2.45) is 5.92 Å². The van der Waals surface area contributed by atoms with E-state index < -0.39 is 0 Å². The quantitative estimate of drug-likeness (QED) is 0.837. The molecule has 0 aromatic heterocycles. The Morgan fingerprint density at radius 3 is 2.45 bits per heavy atom. The van der Waals surface area contributed by atoms with Crippen LogP contribution in [0.4, 0.5) is 5.69 Å². The lowest BCUT2D eigenvalue weighted by atomic mass is 10.1. The van der Waals surface area contributed by atoms with Crippen LogP contribution >= 0.6 is 0 Å². The number of aliphatic hydroxyl groups is 1. The summed E-state index contributed by atoms with van der Waals surface area (Å²) in [4.78, 5) is 2.48. The van der Waals surface area contributed by atoms with Gasteiger partial charge in [-0.25, -0.2) is 0 Å². The van der Waals surface area contributed by atoms with Crippen molar-refractivity contribution < 1.29 is 5.11 Å². The molecule has 1 aliphatic heterocycles. The Morgan fingerprint density at radius 2 is 1.80 bits per heavy atom. The van der Waals surface area contributed by atoms with Gasteiger partial charge in [-0.3, -0.25) is 0 Å². The van der Waals surface area contributed by atoms with Gasteiger partial charge >= 0.3 is 0 Å².